The summed E-state index contributed by atoms with van der Waals surface area (Å²) in [6, 6.07) is 15.9. The minimum absolute atomic E-state index is 0.285. The van der Waals surface area contributed by atoms with Crippen LogP contribution in [0.25, 0.3) is 11.1 Å². The fourth-order valence-electron chi connectivity index (χ4n) is 3.39. The molecular weight excluding hydrogens is 284 g/mol. The number of rotatable bonds is 5. The first-order chi connectivity index (χ1) is 11.3. The van der Waals surface area contributed by atoms with Crippen molar-refractivity contribution in [2.45, 2.75) is 45.1 Å². The van der Waals surface area contributed by atoms with Crippen molar-refractivity contribution in [3.63, 3.8) is 0 Å². The van der Waals surface area contributed by atoms with Crippen LogP contribution >= 0.6 is 0 Å². The molecule has 1 atom stereocenters. The van der Waals surface area contributed by atoms with Gasteiger partial charge in [0.05, 0.1) is 6.10 Å². The average molecular weight is 308 g/mol. The van der Waals surface area contributed by atoms with E-state index in [0.29, 0.717) is 11.5 Å². The molecule has 2 aromatic carbocycles. The van der Waals surface area contributed by atoms with Crippen molar-refractivity contribution in [1.82, 2.24) is 0 Å². The Bertz CT molecular complexity index is 622. The highest BCUT2D eigenvalue weighted by Gasteiger charge is 2.21. The fraction of sp³-hybridized carbons (Fsp3) is 0.381. The van der Waals surface area contributed by atoms with Crippen LogP contribution < -0.4 is 4.74 Å². The van der Waals surface area contributed by atoms with Gasteiger partial charge in [-0.3, -0.25) is 4.79 Å². The monoisotopic (exact) mass is 308 g/mol. The molecule has 1 saturated carbocycles. The summed E-state index contributed by atoms with van der Waals surface area (Å²) in [6.07, 6.45) is 7.80. The number of hydrogen-bond donors (Lipinski definition) is 0. The summed E-state index contributed by atoms with van der Waals surface area (Å²) in [5.74, 6) is 1.63. The minimum atomic E-state index is 0.285. The maximum atomic E-state index is 10.7. The van der Waals surface area contributed by atoms with E-state index in [0.717, 1.165) is 23.2 Å². The summed E-state index contributed by atoms with van der Waals surface area (Å²) in [5.41, 5.74) is 2.96. The molecule has 0 bridgehead atoms. The summed E-state index contributed by atoms with van der Waals surface area (Å²) >= 11 is 0. The Morgan fingerprint density at radius 1 is 0.913 bits per heavy atom. The summed E-state index contributed by atoms with van der Waals surface area (Å²) in [4.78, 5) is 10.7. The van der Waals surface area contributed by atoms with E-state index in [1.807, 2.05) is 36.4 Å². The maximum Gasteiger partial charge on any atom is 0.150 e. The molecule has 0 aliphatic heterocycles. The van der Waals surface area contributed by atoms with Gasteiger partial charge in [-0.2, -0.15) is 0 Å². The van der Waals surface area contributed by atoms with Gasteiger partial charge in [0.15, 0.2) is 0 Å². The smallest absolute Gasteiger partial charge is 0.150 e. The summed E-state index contributed by atoms with van der Waals surface area (Å²) < 4.78 is 6.13. The van der Waals surface area contributed by atoms with Crippen LogP contribution in [0.2, 0.25) is 0 Å². The van der Waals surface area contributed by atoms with E-state index in [1.165, 1.54) is 32.1 Å². The van der Waals surface area contributed by atoms with Crippen LogP contribution in [0.1, 0.15) is 49.4 Å². The molecule has 1 aliphatic rings. The lowest BCUT2D eigenvalue weighted by Gasteiger charge is -2.28. The third-order valence-electron chi connectivity index (χ3n) is 4.87. The standard InChI is InChI=1S/C21H24O2/c1-16(18-5-3-2-4-6-18)23-21-13-11-20(12-14-21)19-9-7-17(15-22)8-10-19/h7-16,18H,2-6H2,1H3. The van der Waals surface area contributed by atoms with Gasteiger partial charge < -0.3 is 4.74 Å². The number of carbonyl (C=O) groups is 1. The molecule has 120 valence electrons. The lowest BCUT2D eigenvalue weighted by Crippen LogP contribution is -2.25. The molecule has 2 aromatic rings. The largest absolute Gasteiger partial charge is 0.490 e. The third kappa shape index (κ3) is 4.01. The number of benzene rings is 2. The van der Waals surface area contributed by atoms with Crippen LogP contribution in [0.15, 0.2) is 48.5 Å². The SMILES string of the molecule is CC(Oc1ccc(-c2ccc(C=O)cc2)cc1)C1CCCCC1. The van der Waals surface area contributed by atoms with Gasteiger partial charge in [0.25, 0.3) is 0 Å². The first-order valence-corrected chi connectivity index (χ1v) is 8.58. The summed E-state index contributed by atoms with van der Waals surface area (Å²) in [5, 5.41) is 0. The van der Waals surface area contributed by atoms with Crippen LogP contribution in [-0.2, 0) is 0 Å². The van der Waals surface area contributed by atoms with Crippen LogP contribution in [0, 0.1) is 5.92 Å². The Balaban J connectivity index is 1.65. The van der Waals surface area contributed by atoms with Gasteiger partial charge in [-0.25, -0.2) is 0 Å². The second kappa shape index (κ2) is 7.45. The van der Waals surface area contributed by atoms with Crippen LogP contribution in [-0.4, -0.2) is 12.4 Å². The van der Waals surface area contributed by atoms with E-state index in [1.54, 1.807) is 0 Å². The molecule has 1 aliphatic carbocycles. The molecule has 0 N–H and O–H groups in total. The van der Waals surface area contributed by atoms with Gasteiger partial charge in [0.2, 0.25) is 0 Å². The van der Waals surface area contributed by atoms with Crippen molar-refractivity contribution < 1.29 is 9.53 Å². The van der Waals surface area contributed by atoms with Gasteiger partial charge in [0, 0.05) is 5.56 Å². The van der Waals surface area contributed by atoms with E-state index in [2.05, 4.69) is 19.1 Å². The molecule has 0 spiro atoms. The highest BCUT2D eigenvalue weighted by molar-refractivity contribution is 5.76. The van der Waals surface area contributed by atoms with Gasteiger partial charge in [-0.1, -0.05) is 55.7 Å². The van der Waals surface area contributed by atoms with E-state index in [9.17, 15) is 4.79 Å². The minimum Gasteiger partial charge on any atom is -0.490 e. The van der Waals surface area contributed by atoms with E-state index in [4.69, 9.17) is 4.74 Å². The zero-order chi connectivity index (χ0) is 16.1. The van der Waals surface area contributed by atoms with Crippen LogP contribution in [0.5, 0.6) is 5.75 Å². The number of aldehydes is 1. The van der Waals surface area contributed by atoms with Crippen molar-refractivity contribution in [3.05, 3.63) is 54.1 Å². The predicted molar refractivity (Wildman–Crippen MR) is 93.9 cm³/mol. The van der Waals surface area contributed by atoms with Crippen molar-refractivity contribution in [1.29, 1.82) is 0 Å². The predicted octanol–water partition coefficient (Wildman–Crippen LogP) is 5.51. The summed E-state index contributed by atoms with van der Waals surface area (Å²) in [7, 11) is 0. The summed E-state index contributed by atoms with van der Waals surface area (Å²) in [6.45, 7) is 2.20. The zero-order valence-electron chi connectivity index (χ0n) is 13.7. The Kier molecular flexibility index (Phi) is 5.12. The maximum absolute atomic E-state index is 10.7. The molecule has 0 heterocycles. The topological polar surface area (TPSA) is 26.3 Å². The lowest BCUT2D eigenvalue weighted by atomic mass is 9.86. The first-order valence-electron chi connectivity index (χ1n) is 8.58. The number of hydrogen-bond acceptors (Lipinski definition) is 2. The number of ether oxygens (including phenoxy) is 1. The van der Waals surface area contributed by atoms with E-state index in [-0.39, 0.29) is 6.10 Å². The third-order valence-corrected chi connectivity index (χ3v) is 4.87. The van der Waals surface area contributed by atoms with Gasteiger partial charge in [0.1, 0.15) is 12.0 Å². The molecule has 0 saturated heterocycles. The second-order valence-corrected chi connectivity index (χ2v) is 6.49. The first kappa shape index (κ1) is 15.8. The van der Waals surface area contributed by atoms with Crippen molar-refractivity contribution in [3.8, 4) is 16.9 Å². The molecule has 1 fully saturated rings. The molecule has 0 radical (unpaired) electrons. The van der Waals surface area contributed by atoms with E-state index < -0.39 is 0 Å². The quantitative estimate of drug-likeness (QED) is 0.680. The van der Waals surface area contributed by atoms with Crippen molar-refractivity contribution in [2.24, 2.45) is 5.92 Å². The Morgan fingerprint density at radius 3 is 2.04 bits per heavy atom. The van der Waals surface area contributed by atoms with Crippen molar-refractivity contribution in [2.75, 3.05) is 0 Å². The second-order valence-electron chi connectivity index (χ2n) is 6.49. The average Bonchev–Trinajstić information content (AvgIpc) is 2.63. The van der Waals surface area contributed by atoms with Crippen LogP contribution in [0.3, 0.4) is 0 Å². The Hall–Kier alpha value is -2.09. The highest BCUT2D eigenvalue weighted by Crippen LogP contribution is 2.29. The lowest BCUT2D eigenvalue weighted by molar-refractivity contribution is 0.112. The fourth-order valence-corrected chi connectivity index (χ4v) is 3.39. The number of carbonyl (C=O) groups excluding carboxylic acids is 1. The zero-order valence-corrected chi connectivity index (χ0v) is 13.7. The highest BCUT2D eigenvalue weighted by atomic mass is 16.5. The molecule has 2 nitrogen and oxygen atoms in total. The molecule has 1 unspecified atom stereocenters. The van der Waals surface area contributed by atoms with Gasteiger partial charge >= 0.3 is 0 Å². The molecule has 3 rings (SSSR count). The molecular formula is C21H24O2. The molecule has 2 heteroatoms. The molecule has 0 amide bonds. The Morgan fingerprint density at radius 2 is 1.48 bits per heavy atom. The molecule has 0 aromatic heterocycles. The Labute approximate surface area is 138 Å². The van der Waals surface area contributed by atoms with Crippen LogP contribution in [0.4, 0.5) is 0 Å². The van der Waals surface area contributed by atoms with Gasteiger partial charge in [-0.05, 0) is 48.9 Å². The van der Waals surface area contributed by atoms with E-state index >= 15 is 0 Å². The normalized spacial score (nSPS) is 16.7. The van der Waals surface area contributed by atoms with Gasteiger partial charge in [-0.15, -0.1) is 0 Å². The van der Waals surface area contributed by atoms with Crippen molar-refractivity contribution >= 4 is 6.29 Å². The molecule has 23 heavy (non-hydrogen) atoms.